The second kappa shape index (κ2) is 5.30. The zero-order valence-corrected chi connectivity index (χ0v) is 11.2. The summed E-state index contributed by atoms with van der Waals surface area (Å²) in [7, 11) is 0. The van der Waals surface area contributed by atoms with Crippen molar-refractivity contribution in [3.63, 3.8) is 0 Å². The van der Waals surface area contributed by atoms with E-state index in [1.165, 1.54) is 64.2 Å². The Labute approximate surface area is 107 Å². The first-order valence-corrected chi connectivity index (χ1v) is 8.08. The SMILES string of the molecule is NC(CC1CC2CCC1C2)C1CCCCCC1. The van der Waals surface area contributed by atoms with Gasteiger partial charge < -0.3 is 5.73 Å². The topological polar surface area (TPSA) is 26.0 Å². The van der Waals surface area contributed by atoms with Gasteiger partial charge in [0.2, 0.25) is 0 Å². The van der Waals surface area contributed by atoms with Crippen molar-refractivity contribution in [1.82, 2.24) is 0 Å². The van der Waals surface area contributed by atoms with Crippen LogP contribution < -0.4 is 5.73 Å². The van der Waals surface area contributed by atoms with Crippen molar-refractivity contribution >= 4 is 0 Å². The normalized spacial score (nSPS) is 40.4. The highest BCUT2D eigenvalue weighted by molar-refractivity contribution is 4.92. The van der Waals surface area contributed by atoms with Gasteiger partial charge in [-0.05, 0) is 62.2 Å². The van der Waals surface area contributed by atoms with Crippen LogP contribution in [0.5, 0.6) is 0 Å². The largest absolute Gasteiger partial charge is 0.327 e. The molecule has 17 heavy (non-hydrogen) atoms. The Hall–Kier alpha value is -0.0400. The molecule has 4 atom stereocenters. The molecule has 0 heterocycles. The average molecular weight is 235 g/mol. The maximum absolute atomic E-state index is 6.53. The first-order chi connectivity index (χ1) is 8.33. The molecule has 0 spiro atoms. The minimum absolute atomic E-state index is 0.525. The van der Waals surface area contributed by atoms with Crippen molar-refractivity contribution in [1.29, 1.82) is 0 Å². The van der Waals surface area contributed by atoms with E-state index in [0.29, 0.717) is 6.04 Å². The molecule has 1 nitrogen and oxygen atoms in total. The minimum atomic E-state index is 0.525. The number of fused-ring (bicyclic) bond motifs is 2. The van der Waals surface area contributed by atoms with E-state index in [1.807, 2.05) is 0 Å². The molecule has 3 saturated carbocycles. The number of rotatable bonds is 3. The minimum Gasteiger partial charge on any atom is -0.327 e. The molecule has 0 amide bonds. The average Bonchev–Trinajstić information content (AvgIpc) is 2.82. The summed E-state index contributed by atoms with van der Waals surface area (Å²) in [5.41, 5.74) is 6.53. The summed E-state index contributed by atoms with van der Waals surface area (Å²) in [5.74, 6) is 4.02. The molecule has 0 aromatic rings. The molecule has 2 N–H and O–H groups in total. The van der Waals surface area contributed by atoms with Crippen LogP contribution in [-0.2, 0) is 0 Å². The van der Waals surface area contributed by atoms with E-state index in [2.05, 4.69) is 0 Å². The van der Waals surface area contributed by atoms with Crippen molar-refractivity contribution in [3.05, 3.63) is 0 Å². The molecule has 0 saturated heterocycles. The van der Waals surface area contributed by atoms with E-state index in [1.54, 1.807) is 6.42 Å². The monoisotopic (exact) mass is 235 g/mol. The van der Waals surface area contributed by atoms with E-state index < -0.39 is 0 Å². The van der Waals surface area contributed by atoms with Gasteiger partial charge in [0, 0.05) is 6.04 Å². The smallest absolute Gasteiger partial charge is 0.00699 e. The summed E-state index contributed by atoms with van der Waals surface area (Å²) in [4.78, 5) is 0. The highest BCUT2D eigenvalue weighted by atomic mass is 14.7. The van der Waals surface area contributed by atoms with Crippen molar-refractivity contribution in [2.45, 2.75) is 76.7 Å². The van der Waals surface area contributed by atoms with Gasteiger partial charge in [-0.15, -0.1) is 0 Å². The fourth-order valence-corrected chi connectivity index (χ4v) is 4.95. The van der Waals surface area contributed by atoms with Crippen molar-refractivity contribution < 1.29 is 0 Å². The van der Waals surface area contributed by atoms with Crippen LogP contribution in [0, 0.1) is 23.7 Å². The predicted octanol–water partition coefficient (Wildman–Crippen LogP) is 4.11. The Morgan fingerprint density at radius 3 is 2.24 bits per heavy atom. The molecular weight excluding hydrogens is 206 g/mol. The molecule has 3 aliphatic rings. The Morgan fingerprint density at radius 1 is 0.882 bits per heavy atom. The molecule has 0 aliphatic heterocycles. The maximum atomic E-state index is 6.53. The lowest BCUT2D eigenvalue weighted by Crippen LogP contribution is -2.33. The van der Waals surface area contributed by atoms with Crippen molar-refractivity contribution in [3.8, 4) is 0 Å². The molecular formula is C16H29N. The summed E-state index contributed by atoms with van der Waals surface area (Å²) < 4.78 is 0. The van der Waals surface area contributed by atoms with Gasteiger partial charge in [0.1, 0.15) is 0 Å². The van der Waals surface area contributed by atoms with Crippen LogP contribution >= 0.6 is 0 Å². The van der Waals surface area contributed by atoms with Crippen LogP contribution in [0.1, 0.15) is 70.6 Å². The van der Waals surface area contributed by atoms with E-state index >= 15 is 0 Å². The fourth-order valence-electron chi connectivity index (χ4n) is 4.95. The maximum Gasteiger partial charge on any atom is 0.00699 e. The van der Waals surface area contributed by atoms with Crippen LogP contribution in [0.25, 0.3) is 0 Å². The quantitative estimate of drug-likeness (QED) is 0.732. The van der Waals surface area contributed by atoms with Crippen LogP contribution in [0.3, 0.4) is 0 Å². The zero-order chi connectivity index (χ0) is 11.7. The van der Waals surface area contributed by atoms with Gasteiger partial charge in [0.25, 0.3) is 0 Å². The molecule has 3 rings (SSSR count). The van der Waals surface area contributed by atoms with Crippen molar-refractivity contribution in [2.75, 3.05) is 0 Å². The van der Waals surface area contributed by atoms with Gasteiger partial charge >= 0.3 is 0 Å². The third-order valence-electron chi connectivity index (χ3n) is 5.96. The Bertz CT molecular complexity index is 242. The van der Waals surface area contributed by atoms with Crippen LogP contribution in [0.2, 0.25) is 0 Å². The molecule has 0 aromatic heterocycles. The fraction of sp³-hybridized carbons (Fsp3) is 1.00. The molecule has 4 unspecified atom stereocenters. The summed E-state index contributed by atoms with van der Waals surface area (Å²) in [6.07, 6.45) is 16.1. The van der Waals surface area contributed by atoms with Gasteiger partial charge in [0.05, 0.1) is 0 Å². The predicted molar refractivity (Wildman–Crippen MR) is 72.7 cm³/mol. The number of hydrogen-bond acceptors (Lipinski definition) is 1. The van der Waals surface area contributed by atoms with Gasteiger partial charge in [0.15, 0.2) is 0 Å². The number of hydrogen-bond donors (Lipinski definition) is 1. The van der Waals surface area contributed by atoms with E-state index in [0.717, 1.165) is 23.7 Å². The first kappa shape index (κ1) is 12.0. The van der Waals surface area contributed by atoms with Crippen LogP contribution in [-0.4, -0.2) is 6.04 Å². The summed E-state index contributed by atoms with van der Waals surface area (Å²) in [6, 6.07) is 0.525. The standard InChI is InChI=1S/C16H29N/c17-16(13-5-3-1-2-4-6-13)11-15-10-12-7-8-14(15)9-12/h12-16H,1-11,17H2. The molecule has 3 aliphatic carbocycles. The van der Waals surface area contributed by atoms with Crippen molar-refractivity contribution in [2.24, 2.45) is 29.4 Å². The molecule has 98 valence electrons. The van der Waals surface area contributed by atoms with E-state index in [4.69, 9.17) is 5.73 Å². The van der Waals surface area contributed by atoms with Crippen LogP contribution in [0.15, 0.2) is 0 Å². The Morgan fingerprint density at radius 2 is 1.65 bits per heavy atom. The highest BCUT2D eigenvalue weighted by Crippen LogP contribution is 2.50. The molecule has 1 heteroatoms. The summed E-state index contributed by atoms with van der Waals surface area (Å²) >= 11 is 0. The molecule has 0 radical (unpaired) electrons. The second-order valence-electron chi connectivity index (χ2n) is 7.09. The van der Waals surface area contributed by atoms with Gasteiger partial charge in [-0.1, -0.05) is 32.1 Å². The zero-order valence-electron chi connectivity index (χ0n) is 11.2. The van der Waals surface area contributed by atoms with E-state index in [-0.39, 0.29) is 0 Å². The van der Waals surface area contributed by atoms with Gasteiger partial charge in [-0.3, -0.25) is 0 Å². The first-order valence-electron chi connectivity index (χ1n) is 8.08. The molecule has 2 bridgehead atoms. The number of nitrogens with two attached hydrogens (primary N) is 1. The lowest BCUT2D eigenvalue weighted by atomic mass is 9.80. The third kappa shape index (κ3) is 2.70. The van der Waals surface area contributed by atoms with Crippen LogP contribution in [0.4, 0.5) is 0 Å². The Balaban J connectivity index is 1.50. The molecule has 3 fully saturated rings. The van der Waals surface area contributed by atoms with E-state index in [9.17, 15) is 0 Å². The Kier molecular flexibility index (Phi) is 3.75. The van der Waals surface area contributed by atoms with Gasteiger partial charge in [-0.25, -0.2) is 0 Å². The lowest BCUT2D eigenvalue weighted by molar-refractivity contribution is 0.251. The molecule has 0 aromatic carbocycles. The summed E-state index contributed by atoms with van der Waals surface area (Å²) in [5, 5.41) is 0. The second-order valence-corrected chi connectivity index (χ2v) is 7.09. The summed E-state index contributed by atoms with van der Waals surface area (Å²) in [6.45, 7) is 0. The lowest BCUT2D eigenvalue weighted by Gasteiger charge is -2.29. The van der Waals surface area contributed by atoms with Gasteiger partial charge in [-0.2, -0.15) is 0 Å². The third-order valence-corrected chi connectivity index (χ3v) is 5.96. The highest BCUT2D eigenvalue weighted by Gasteiger charge is 2.40.